The van der Waals surface area contributed by atoms with E-state index in [4.69, 9.17) is 34.8 Å². The van der Waals surface area contributed by atoms with Crippen molar-refractivity contribution in [2.24, 2.45) is 5.92 Å². The Morgan fingerprint density at radius 3 is 2.53 bits per heavy atom. The average molecular weight is 265 g/mol. The third kappa shape index (κ3) is 2.39. The van der Waals surface area contributed by atoms with Crippen LogP contribution in [0.25, 0.3) is 0 Å². The van der Waals surface area contributed by atoms with Gasteiger partial charge in [-0.1, -0.05) is 23.7 Å². The molecule has 2 nitrogen and oxygen atoms in total. The van der Waals surface area contributed by atoms with Crippen molar-refractivity contribution >= 4 is 46.4 Å². The number of hydrogen-bond donors (Lipinski definition) is 1. The second-order valence-corrected chi connectivity index (χ2v) is 5.44. The van der Waals surface area contributed by atoms with Gasteiger partial charge in [0.1, 0.15) is 4.33 Å². The van der Waals surface area contributed by atoms with Gasteiger partial charge in [0.05, 0.1) is 16.6 Å². The monoisotopic (exact) mass is 263 g/mol. The van der Waals surface area contributed by atoms with E-state index in [-0.39, 0.29) is 11.8 Å². The molecule has 1 N–H and O–H groups in total. The van der Waals surface area contributed by atoms with Crippen molar-refractivity contribution in [2.45, 2.75) is 10.8 Å². The molecular formula is C10H8Cl3NO. The fourth-order valence-electron chi connectivity index (χ4n) is 1.28. The quantitative estimate of drug-likeness (QED) is 0.814. The van der Waals surface area contributed by atoms with E-state index in [1.54, 1.807) is 24.3 Å². The third-order valence-corrected chi connectivity index (χ3v) is 3.44. The van der Waals surface area contributed by atoms with E-state index in [1.165, 1.54) is 0 Å². The van der Waals surface area contributed by atoms with Crippen molar-refractivity contribution in [3.05, 3.63) is 29.3 Å². The zero-order valence-electron chi connectivity index (χ0n) is 7.64. The molecular weight excluding hydrogens is 256 g/mol. The summed E-state index contributed by atoms with van der Waals surface area (Å²) in [7, 11) is 0. The summed E-state index contributed by atoms with van der Waals surface area (Å²) >= 11 is 17.4. The van der Waals surface area contributed by atoms with Crippen LogP contribution in [0.4, 0.5) is 5.69 Å². The summed E-state index contributed by atoms with van der Waals surface area (Å²) in [6, 6.07) is 7.02. The number of anilines is 1. The van der Waals surface area contributed by atoms with Crippen LogP contribution in [0.2, 0.25) is 5.02 Å². The van der Waals surface area contributed by atoms with Crippen LogP contribution in [0.3, 0.4) is 0 Å². The lowest BCUT2D eigenvalue weighted by molar-refractivity contribution is -0.117. The maximum absolute atomic E-state index is 11.6. The molecule has 1 aromatic carbocycles. The summed E-state index contributed by atoms with van der Waals surface area (Å²) in [6.45, 7) is 0. The van der Waals surface area contributed by atoms with E-state index in [0.29, 0.717) is 17.1 Å². The van der Waals surface area contributed by atoms with Gasteiger partial charge in [0.25, 0.3) is 0 Å². The van der Waals surface area contributed by atoms with Gasteiger partial charge in [0.2, 0.25) is 5.91 Å². The number of hydrogen-bond acceptors (Lipinski definition) is 1. The summed E-state index contributed by atoms with van der Waals surface area (Å²) in [5, 5.41) is 3.19. The lowest BCUT2D eigenvalue weighted by Gasteiger charge is -2.06. The Hall–Kier alpha value is -0.440. The van der Waals surface area contributed by atoms with E-state index >= 15 is 0 Å². The second kappa shape index (κ2) is 3.85. The normalized spacial score (nSPS) is 22.2. The van der Waals surface area contributed by atoms with E-state index in [1.807, 2.05) is 0 Å². The molecule has 1 amide bonds. The maximum Gasteiger partial charge on any atom is 0.230 e. The minimum Gasteiger partial charge on any atom is -0.324 e. The van der Waals surface area contributed by atoms with Crippen LogP contribution in [0, 0.1) is 5.92 Å². The Bertz CT molecular complexity index is 405. The first kappa shape index (κ1) is 11.1. The molecule has 1 aliphatic rings. The highest BCUT2D eigenvalue weighted by molar-refractivity contribution is 6.52. The lowest BCUT2D eigenvalue weighted by atomic mass is 10.3. The second-order valence-electron chi connectivity index (χ2n) is 3.49. The number of amides is 1. The van der Waals surface area contributed by atoms with E-state index in [9.17, 15) is 4.79 Å². The molecule has 2 rings (SSSR count). The molecule has 1 aliphatic carbocycles. The predicted molar refractivity (Wildman–Crippen MR) is 62.6 cm³/mol. The molecule has 0 bridgehead atoms. The van der Waals surface area contributed by atoms with Crippen molar-refractivity contribution in [2.75, 3.05) is 5.32 Å². The van der Waals surface area contributed by atoms with Crippen molar-refractivity contribution < 1.29 is 4.79 Å². The molecule has 15 heavy (non-hydrogen) atoms. The van der Waals surface area contributed by atoms with Crippen LogP contribution in [0.15, 0.2) is 24.3 Å². The van der Waals surface area contributed by atoms with Crippen LogP contribution >= 0.6 is 34.8 Å². The highest BCUT2D eigenvalue weighted by atomic mass is 35.5. The van der Waals surface area contributed by atoms with Gasteiger partial charge in [-0.15, -0.1) is 23.2 Å². The molecule has 1 saturated carbocycles. The van der Waals surface area contributed by atoms with Crippen LogP contribution in [-0.4, -0.2) is 10.2 Å². The first-order valence-electron chi connectivity index (χ1n) is 4.44. The number of benzene rings is 1. The molecule has 0 aliphatic heterocycles. The van der Waals surface area contributed by atoms with Crippen LogP contribution < -0.4 is 5.32 Å². The maximum atomic E-state index is 11.6. The predicted octanol–water partition coefficient (Wildman–Crippen LogP) is 3.47. The largest absolute Gasteiger partial charge is 0.324 e. The molecule has 0 radical (unpaired) electrons. The third-order valence-electron chi connectivity index (χ3n) is 2.27. The van der Waals surface area contributed by atoms with Gasteiger partial charge in [-0.3, -0.25) is 4.79 Å². The van der Waals surface area contributed by atoms with Crippen molar-refractivity contribution in [1.29, 1.82) is 0 Å². The van der Waals surface area contributed by atoms with E-state index in [2.05, 4.69) is 5.32 Å². The van der Waals surface area contributed by atoms with Crippen LogP contribution in [0.5, 0.6) is 0 Å². The molecule has 0 spiro atoms. The molecule has 5 heteroatoms. The number of carbonyl (C=O) groups is 1. The molecule has 0 aromatic heterocycles. The summed E-state index contributed by atoms with van der Waals surface area (Å²) in [4.78, 5) is 11.6. The number of para-hydroxylation sites is 1. The summed E-state index contributed by atoms with van der Waals surface area (Å²) in [5.74, 6) is -0.523. The van der Waals surface area contributed by atoms with Gasteiger partial charge in [-0.05, 0) is 18.6 Å². The summed E-state index contributed by atoms with van der Waals surface area (Å²) in [6.07, 6.45) is 0.492. The molecule has 0 unspecified atom stereocenters. The molecule has 80 valence electrons. The molecule has 0 heterocycles. The Morgan fingerprint density at radius 2 is 2.00 bits per heavy atom. The number of carbonyl (C=O) groups excluding carboxylic acids is 1. The van der Waals surface area contributed by atoms with Gasteiger partial charge in [0.15, 0.2) is 0 Å². The molecule has 1 atom stereocenters. The first-order chi connectivity index (χ1) is 7.00. The van der Waals surface area contributed by atoms with Crippen molar-refractivity contribution in [3.63, 3.8) is 0 Å². The van der Waals surface area contributed by atoms with Crippen molar-refractivity contribution in [3.8, 4) is 0 Å². The zero-order chi connectivity index (χ0) is 11.1. The van der Waals surface area contributed by atoms with E-state index in [0.717, 1.165) is 0 Å². The summed E-state index contributed by atoms with van der Waals surface area (Å²) < 4.78 is -0.897. The Labute approximate surface area is 103 Å². The number of halogens is 3. The first-order valence-corrected chi connectivity index (χ1v) is 5.57. The SMILES string of the molecule is O=C(Nc1ccccc1Cl)[C@H]1CC1(Cl)Cl. The Morgan fingerprint density at radius 1 is 1.40 bits per heavy atom. The Balaban J connectivity index is 2.05. The number of rotatable bonds is 2. The van der Waals surface area contributed by atoms with Gasteiger partial charge in [0, 0.05) is 0 Å². The molecule has 1 fully saturated rings. The fraction of sp³-hybridized carbons (Fsp3) is 0.300. The smallest absolute Gasteiger partial charge is 0.230 e. The van der Waals surface area contributed by atoms with Gasteiger partial charge in [-0.2, -0.15) is 0 Å². The number of alkyl halides is 2. The fourth-order valence-corrected chi connectivity index (χ4v) is 1.97. The number of nitrogens with one attached hydrogen (secondary N) is 1. The van der Waals surface area contributed by atoms with Crippen LogP contribution in [-0.2, 0) is 4.79 Å². The highest BCUT2D eigenvalue weighted by Crippen LogP contribution is 2.53. The average Bonchev–Trinajstić information content (AvgIpc) is 2.79. The lowest BCUT2D eigenvalue weighted by Crippen LogP contribution is -2.16. The zero-order valence-corrected chi connectivity index (χ0v) is 9.90. The minimum absolute atomic E-state index is 0.187. The highest BCUT2D eigenvalue weighted by Gasteiger charge is 2.56. The minimum atomic E-state index is -0.897. The topological polar surface area (TPSA) is 29.1 Å². The summed E-state index contributed by atoms with van der Waals surface area (Å²) in [5.41, 5.74) is 0.584. The van der Waals surface area contributed by atoms with Gasteiger partial charge >= 0.3 is 0 Å². The molecule has 0 saturated heterocycles. The van der Waals surface area contributed by atoms with Crippen LogP contribution in [0.1, 0.15) is 6.42 Å². The molecule has 1 aromatic rings. The van der Waals surface area contributed by atoms with Gasteiger partial charge in [-0.25, -0.2) is 0 Å². The van der Waals surface area contributed by atoms with E-state index < -0.39 is 4.33 Å². The van der Waals surface area contributed by atoms with Gasteiger partial charge < -0.3 is 5.32 Å². The van der Waals surface area contributed by atoms with Crippen molar-refractivity contribution in [1.82, 2.24) is 0 Å². The Kier molecular flexibility index (Phi) is 2.84. The standard InChI is InChI=1S/C10H8Cl3NO/c11-7-3-1-2-4-8(7)14-9(15)6-5-10(6,12)13/h1-4,6H,5H2,(H,14,15)/t6-/m1/s1.